The van der Waals surface area contributed by atoms with Crippen LogP contribution in [-0.4, -0.2) is 11.9 Å². The van der Waals surface area contributed by atoms with Gasteiger partial charge >= 0.3 is 11.9 Å². The molecule has 0 radical (unpaired) electrons. The smallest absolute Gasteiger partial charge is 0.338 e. The molecule has 156 valence electrons. The predicted octanol–water partition coefficient (Wildman–Crippen LogP) is 5.87. The van der Waals surface area contributed by atoms with Crippen molar-refractivity contribution < 1.29 is 19.1 Å². The van der Waals surface area contributed by atoms with Gasteiger partial charge in [-0.15, -0.1) is 0 Å². The molecule has 0 spiro atoms. The summed E-state index contributed by atoms with van der Waals surface area (Å²) in [5.74, 6) is 0.0760. The Morgan fingerprint density at radius 3 is 1.77 bits per heavy atom. The van der Waals surface area contributed by atoms with Gasteiger partial charge < -0.3 is 9.47 Å². The number of hydrogen-bond donors (Lipinski definition) is 0. The van der Waals surface area contributed by atoms with Crippen LogP contribution in [0.15, 0.2) is 60.2 Å². The van der Waals surface area contributed by atoms with Crippen LogP contribution in [0.4, 0.5) is 0 Å². The molecule has 0 N–H and O–H groups in total. The van der Waals surface area contributed by atoms with Crippen LogP contribution in [0.5, 0.6) is 11.5 Å². The summed E-state index contributed by atoms with van der Waals surface area (Å²) in [7, 11) is 0. The molecule has 2 aromatic carbocycles. The number of allylic oxidation sites excluding steroid dienone is 2. The molecular weight excluding hydrogens is 376 g/mol. The first kappa shape index (κ1) is 21.6. The van der Waals surface area contributed by atoms with Crippen LogP contribution >= 0.6 is 0 Å². The number of esters is 2. The number of carbonyl (C=O) groups excluding carboxylic acids is 2. The van der Waals surface area contributed by atoms with Crippen molar-refractivity contribution in [2.24, 2.45) is 5.41 Å². The molecule has 4 nitrogen and oxygen atoms in total. The molecular formula is C26H28O4. The average Bonchev–Trinajstić information content (AvgIpc) is 2.68. The fraction of sp³-hybridized carbons (Fsp3) is 0.308. The van der Waals surface area contributed by atoms with E-state index in [9.17, 15) is 9.59 Å². The standard InChI is InChI=1S/C26H28O4/c1-15(2)24(27)29-22-18-10-8-9-11-19(18)23(30-25(28)16(3)4)21-14-17(26(5,6)7)12-13-20(21)22/h8-12H,1,3,13-14H2,2,4-7H3. The Bertz CT molecular complexity index is 1110. The van der Waals surface area contributed by atoms with Crippen molar-refractivity contribution in [1.82, 2.24) is 0 Å². The van der Waals surface area contributed by atoms with Crippen LogP contribution in [0.1, 0.15) is 45.7 Å². The first-order valence-electron chi connectivity index (χ1n) is 10.0. The fourth-order valence-corrected chi connectivity index (χ4v) is 3.53. The second kappa shape index (κ2) is 7.94. The molecule has 0 aliphatic heterocycles. The summed E-state index contributed by atoms with van der Waals surface area (Å²) in [6.45, 7) is 17.1. The quantitative estimate of drug-likeness (QED) is 0.277. The minimum Gasteiger partial charge on any atom is -0.422 e. The van der Waals surface area contributed by atoms with Gasteiger partial charge in [0.1, 0.15) is 11.5 Å². The lowest BCUT2D eigenvalue weighted by Crippen LogP contribution is -2.20. The molecule has 2 aromatic rings. The lowest BCUT2D eigenvalue weighted by atomic mass is 9.77. The summed E-state index contributed by atoms with van der Waals surface area (Å²) < 4.78 is 11.6. The van der Waals surface area contributed by atoms with Crippen LogP contribution in [0.2, 0.25) is 0 Å². The molecule has 0 atom stereocenters. The van der Waals surface area contributed by atoms with E-state index >= 15 is 0 Å². The molecule has 0 aromatic heterocycles. The average molecular weight is 405 g/mol. The zero-order chi connectivity index (χ0) is 22.2. The highest BCUT2D eigenvalue weighted by atomic mass is 16.5. The van der Waals surface area contributed by atoms with Crippen LogP contribution < -0.4 is 9.47 Å². The molecule has 30 heavy (non-hydrogen) atoms. The molecule has 0 fully saturated rings. The van der Waals surface area contributed by atoms with Crippen molar-refractivity contribution >= 4 is 22.7 Å². The van der Waals surface area contributed by atoms with E-state index in [2.05, 4.69) is 40.0 Å². The Labute approximate surface area is 177 Å². The Hall–Kier alpha value is -3.14. The van der Waals surface area contributed by atoms with E-state index < -0.39 is 11.9 Å². The largest absolute Gasteiger partial charge is 0.422 e. The predicted molar refractivity (Wildman–Crippen MR) is 120 cm³/mol. The SMILES string of the molecule is C=C(C)C(=O)Oc1c2c(c(OC(=O)C(=C)C)c3ccccc13)CC(C(C)(C)C)=CC2. The van der Waals surface area contributed by atoms with Crippen molar-refractivity contribution in [3.05, 3.63) is 71.3 Å². The maximum Gasteiger partial charge on any atom is 0.338 e. The van der Waals surface area contributed by atoms with E-state index in [1.54, 1.807) is 13.8 Å². The highest BCUT2D eigenvalue weighted by molar-refractivity contribution is 6.01. The minimum atomic E-state index is -0.473. The Balaban J connectivity index is 2.30. The molecule has 0 saturated carbocycles. The zero-order valence-electron chi connectivity index (χ0n) is 18.3. The monoisotopic (exact) mass is 404 g/mol. The number of rotatable bonds is 4. The molecule has 4 heteroatoms. The van der Waals surface area contributed by atoms with Gasteiger partial charge in [0.25, 0.3) is 0 Å². The van der Waals surface area contributed by atoms with E-state index in [-0.39, 0.29) is 5.41 Å². The van der Waals surface area contributed by atoms with Crippen molar-refractivity contribution in [3.8, 4) is 11.5 Å². The van der Waals surface area contributed by atoms with Crippen molar-refractivity contribution in [3.63, 3.8) is 0 Å². The van der Waals surface area contributed by atoms with Crippen molar-refractivity contribution in [2.45, 2.75) is 47.5 Å². The maximum absolute atomic E-state index is 12.4. The first-order chi connectivity index (χ1) is 14.0. The lowest BCUT2D eigenvalue weighted by molar-refractivity contribution is -0.131. The van der Waals surface area contributed by atoms with Gasteiger partial charge in [-0.3, -0.25) is 0 Å². The highest BCUT2D eigenvalue weighted by Crippen LogP contribution is 2.46. The number of benzene rings is 2. The van der Waals surface area contributed by atoms with E-state index in [1.807, 2.05) is 24.3 Å². The second-order valence-electron chi connectivity index (χ2n) is 8.86. The molecule has 0 heterocycles. The number of fused-ring (bicyclic) bond motifs is 2. The third-order valence-electron chi connectivity index (χ3n) is 5.30. The van der Waals surface area contributed by atoms with E-state index in [0.717, 1.165) is 21.9 Å². The van der Waals surface area contributed by atoms with Gasteiger partial charge in [0.05, 0.1) is 0 Å². The third kappa shape index (κ3) is 4.09. The molecule has 1 aliphatic rings. The van der Waals surface area contributed by atoms with E-state index in [1.165, 1.54) is 5.57 Å². The minimum absolute atomic E-state index is 0.0342. The molecule has 1 aliphatic carbocycles. The van der Waals surface area contributed by atoms with Crippen molar-refractivity contribution in [1.29, 1.82) is 0 Å². The van der Waals surface area contributed by atoms with Gasteiger partial charge in [-0.25, -0.2) is 9.59 Å². The van der Waals surface area contributed by atoms with Gasteiger partial charge in [-0.2, -0.15) is 0 Å². The number of carbonyl (C=O) groups is 2. The zero-order valence-corrected chi connectivity index (χ0v) is 18.3. The summed E-state index contributed by atoms with van der Waals surface area (Å²) in [6.07, 6.45) is 3.38. The number of ether oxygens (including phenoxy) is 2. The van der Waals surface area contributed by atoms with Gasteiger partial charge in [-0.05, 0) is 32.1 Å². The van der Waals surface area contributed by atoms with E-state index in [4.69, 9.17) is 9.47 Å². The summed E-state index contributed by atoms with van der Waals surface area (Å²) in [4.78, 5) is 24.8. The molecule has 0 bridgehead atoms. The van der Waals surface area contributed by atoms with Crippen LogP contribution in [0.3, 0.4) is 0 Å². The van der Waals surface area contributed by atoms with Crippen molar-refractivity contribution in [2.75, 3.05) is 0 Å². The van der Waals surface area contributed by atoms with Gasteiger partial charge in [0.2, 0.25) is 0 Å². The van der Waals surface area contributed by atoms with Crippen LogP contribution in [0, 0.1) is 5.41 Å². The summed E-state index contributed by atoms with van der Waals surface area (Å²) in [5, 5.41) is 1.45. The Morgan fingerprint density at radius 1 is 0.867 bits per heavy atom. The Morgan fingerprint density at radius 2 is 1.33 bits per heavy atom. The lowest BCUT2D eigenvalue weighted by Gasteiger charge is -2.30. The Kier molecular flexibility index (Phi) is 5.71. The van der Waals surface area contributed by atoms with Crippen LogP contribution in [-0.2, 0) is 22.4 Å². The van der Waals surface area contributed by atoms with Crippen LogP contribution in [0.25, 0.3) is 10.8 Å². The first-order valence-corrected chi connectivity index (χ1v) is 10.0. The van der Waals surface area contributed by atoms with Gasteiger partial charge in [0, 0.05) is 33.0 Å². The normalized spacial score (nSPS) is 13.3. The highest BCUT2D eigenvalue weighted by Gasteiger charge is 2.30. The number of hydrogen-bond acceptors (Lipinski definition) is 4. The fourth-order valence-electron chi connectivity index (χ4n) is 3.53. The molecule has 3 rings (SSSR count). The van der Waals surface area contributed by atoms with Gasteiger partial charge in [0.15, 0.2) is 0 Å². The summed E-state index contributed by atoms with van der Waals surface area (Å²) in [6, 6.07) is 7.50. The molecule has 0 saturated heterocycles. The third-order valence-corrected chi connectivity index (χ3v) is 5.30. The second-order valence-corrected chi connectivity index (χ2v) is 8.86. The maximum atomic E-state index is 12.4. The summed E-state index contributed by atoms with van der Waals surface area (Å²) in [5.41, 5.74) is 3.60. The van der Waals surface area contributed by atoms with Gasteiger partial charge in [-0.1, -0.05) is 69.8 Å². The molecule has 0 unspecified atom stereocenters. The molecule has 0 amide bonds. The van der Waals surface area contributed by atoms with E-state index in [0.29, 0.717) is 35.5 Å². The topological polar surface area (TPSA) is 52.6 Å². The summed E-state index contributed by atoms with van der Waals surface area (Å²) >= 11 is 0.